The third-order valence-corrected chi connectivity index (χ3v) is 4.60. The molecule has 3 N–H and O–H groups in total. The lowest BCUT2D eigenvalue weighted by Crippen LogP contribution is -2.45. The van der Waals surface area contributed by atoms with Crippen molar-refractivity contribution in [2.45, 2.75) is 38.9 Å². The minimum absolute atomic E-state index is 0. The summed E-state index contributed by atoms with van der Waals surface area (Å²) in [4.78, 5) is 8.22. The molecule has 1 aromatic heterocycles. The first-order valence-corrected chi connectivity index (χ1v) is 8.95. The summed E-state index contributed by atoms with van der Waals surface area (Å²) in [6.45, 7) is 8.98. The highest BCUT2D eigenvalue weighted by Crippen LogP contribution is 2.10. The summed E-state index contributed by atoms with van der Waals surface area (Å²) >= 11 is 1.78. The average Bonchev–Trinajstić information content (AvgIpc) is 2.96. The Morgan fingerprint density at radius 1 is 1.43 bits per heavy atom. The van der Waals surface area contributed by atoms with E-state index in [1.165, 1.54) is 4.88 Å². The van der Waals surface area contributed by atoms with Crippen LogP contribution in [0.15, 0.2) is 22.5 Å². The molecule has 0 aromatic carbocycles. The molecule has 1 saturated heterocycles. The Hall–Kier alpha value is -0.380. The summed E-state index contributed by atoms with van der Waals surface area (Å²) < 4.78 is 5.74. The minimum atomic E-state index is 0. The zero-order valence-electron chi connectivity index (χ0n) is 14.0. The largest absolute Gasteiger partial charge is 0.373 e. The van der Waals surface area contributed by atoms with Crippen LogP contribution >= 0.6 is 35.3 Å². The lowest BCUT2D eigenvalue weighted by Gasteiger charge is -2.35. The van der Waals surface area contributed by atoms with Gasteiger partial charge in [-0.15, -0.1) is 35.3 Å². The van der Waals surface area contributed by atoms with Crippen LogP contribution in [-0.2, 0) is 11.2 Å². The van der Waals surface area contributed by atoms with Gasteiger partial charge in [0.25, 0.3) is 0 Å². The Kier molecular flexibility index (Phi) is 10.1. The average molecular weight is 452 g/mol. The summed E-state index contributed by atoms with van der Waals surface area (Å²) in [7, 11) is 0. The van der Waals surface area contributed by atoms with Gasteiger partial charge in [-0.2, -0.15) is 0 Å². The SMILES string of the molecule is CC1CN(CCCN=C(N)NCCc2cccs2)CC(C)O1.I. The van der Waals surface area contributed by atoms with Crippen molar-refractivity contribution in [3.8, 4) is 0 Å². The zero-order valence-corrected chi connectivity index (χ0v) is 17.2. The van der Waals surface area contributed by atoms with Gasteiger partial charge in [0.2, 0.25) is 0 Å². The van der Waals surface area contributed by atoms with Crippen LogP contribution < -0.4 is 11.1 Å². The topological polar surface area (TPSA) is 62.9 Å². The number of nitrogens with two attached hydrogens (primary N) is 1. The molecule has 1 aliphatic rings. The summed E-state index contributed by atoms with van der Waals surface area (Å²) in [5.41, 5.74) is 5.89. The number of nitrogens with one attached hydrogen (secondary N) is 1. The van der Waals surface area contributed by atoms with Gasteiger partial charge in [-0.25, -0.2) is 0 Å². The predicted octanol–water partition coefficient (Wildman–Crippen LogP) is 2.31. The van der Waals surface area contributed by atoms with Gasteiger partial charge in [0.1, 0.15) is 0 Å². The Labute approximate surface area is 160 Å². The van der Waals surface area contributed by atoms with Crippen molar-refractivity contribution < 1.29 is 4.74 Å². The predicted molar refractivity (Wildman–Crippen MR) is 109 cm³/mol. The van der Waals surface area contributed by atoms with E-state index in [1.54, 1.807) is 11.3 Å². The lowest BCUT2D eigenvalue weighted by molar-refractivity contribution is -0.0679. The number of halogens is 1. The van der Waals surface area contributed by atoms with Crippen LogP contribution in [0.4, 0.5) is 0 Å². The van der Waals surface area contributed by atoms with E-state index in [0.29, 0.717) is 18.2 Å². The maximum absolute atomic E-state index is 5.89. The Morgan fingerprint density at radius 2 is 2.17 bits per heavy atom. The number of hydrogen-bond donors (Lipinski definition) is 2. The fourth-order valence-corrected chi connectivity index (χ4v) is 3.49. The minimum Gasteiger partial charge on any atom is -0.373 e. The summed E-state index contributed by atoms with van der Waals surface area (Å²) in [5, 5.41) is 5.27. The molecule has 2 atom stereocenters. The lowest BCUT2D eigenvalue weighted by atomic mass is 10.2. The third-order valence-electron chi connectivity index (χ3n) is 3.67. The van der Waals surface area contributed by atoms with Crippen LogP contribution in [0.2, 0.25) is 0 Å². The molecule has 0 bridgehead atoms. The van der Waals surface area contributed by atoms with Crippen LogP contribution in [0.1, 0.15) is 25.1 Å². The quantitative estimate of drug-likeness (QED) is 0.289. The first kappa shape index (κ1) is 20.7. The number of hydrogen-bond acceptors (Lipinski definition) is 4. The fourth-order valence-electron chi connectivity index (χ4n) is 2.79. The van der Waals surface area contributed by atoms with Gasteiger partial charge in [-0.1, -0.05) is 6.07 Å². The Balaban J connectivity index is 0.00000264. The van der Waals surface area contributed by atoms with Crippen molar-refractivity contribution in [3.63, 3.8) is 0 Å². The molecule has 1 aromatic rings. The second-order valence-electron chi connectivity index (χ2n) is 5.89. The van der Waals surface area contributed by atoms with Crippen LogP contribution in [0.5, 0.6) is 0 Å². The molecule has 0 spiro atoms. The fraction of sp³-hybridized carbons (Fsp3) is 0.688. The molecule has 1 aliphatic heterocycles. The highest BCUT2D eigenvalue weighted by molar-refractivity contribution is 14.0. The number of ether oxygens (including phenoxy) is 1. The van der Waals surface area contributed by atoms with E-state index in [2.05, 4.69) is 46.6 Å². The summed E-state index contributed by atoms with van der Waals surface area (Å²) in [5.74, 6) is 0.556. The maximum Gasteiger partial charge on any atom is 0.188 e. The standard InChI is InChI=1S/C16H28N4OS.HI/c1-13-11-20(12-14(2)21-13)9-4-7-18-16(17)19-8-6-15-5-3-10-22-15;/h3,5,10,13-14H,4,6-9,11-12H2,1-2H3,(H3,17,18,19);1H. The van der Waals surface area contributed by atoms with E-state index in [1.807, 2.05) is 0 Å². The molecule has 0 aliphatic carbocycles. The van der Waals surface area contributed by atoms with Crippen molar-refractivity contribution >= 4 is 41.3 Å². The molecule has 132 valence electrons. The maximum atomic E-state index is 5.89. The molecule has 2 unspecified atom stereocenters. The molecule has 5 nitrogen and oxygen atoms in total. The normalized spacial score (nSPS) is 22.6. The van der Waals surface area contributed by atoms with E-state index in [0.717, 1.165) is 45.6 Å². The van der Waals surface area contributed by atoms with Gasteiger partial charge in [0.15, 0.2) is 5.96 Å². The zero-order chi connectivity index (χ0) is 15.8. The van der Waals surface area contributed by atoms with E-state index in [9.17, 15) is 0 Å². The first-order valence-electron chi connectivity index (χ1n) is 8.07. The van der Waals surface area contributed by atoms with Crippen LogP contribution in [0, 0.1) is 0 Å². The van der Waals surface area contributed by atoms with Crippen molar-refractivity contribution in [2.75, 3.05) is 32.7 Å². The van der Waals surface area contributed by atoms with E-state index < -0.39 is 0 Å². The van der Waals surface area contributed by atoms with Gasteiger partial charge < -0.3 is 15.8 Å². The van der Waals surface area contributed by atoms with Gasteiger partial charge in [-0.05, 0) is 38.1 Å². The van der Waals surface area contributed by atoms with Crippen molar-refractivity contribution in [1.82, 2.24) is 10.2 Å². The van der Waals surface area contributed by atoms with Gasteiger partial charge >= 0.3 is 0 Å². The highest BCUT2D eigenvalue weighted by atomic mass is 127. The molecular weight excluding hydrogens is 423 g/mol. The molecule has 1 fully saturated rings. The summed E-state index contributed by atoms with van der Waals surface area (Å²) in [6.07, 6.45) is 2.69. The number of thiophene rings is 1. The molecule has 0 amide bonds. The molecule has 23 heavy (non-hydrogen) atoms. The van der Waals surface area contributed by atoms with Gasteiger partial charge in [0, 0.05) is 37.6 Å². The first-order chi connectivity index (χ1) is 10.6. The number of nitrogens with zero attached hydrogens (tertiary/aromatic N) is 2. The van der Waals surface area contributed by atoms with E-state index >= 15 is 0 Å². The van der Waals surface area contributed by atoms with Gasteiger partial charge in [0.05, 0.1) is 12.2 Å². The Bertz CT molecular complexity index is 445. The van der Waals surface area contributed by atoms with Crippen molar-refractivity contribution in [3.05, 3.63) is 22.4 Å². The van der Waals surface area contributed by atoms with Crippen LogP contribution in [0.3, 0.4) is 0 Å². The second kappa shape index (κ2) is 11.2. The van der Waals surface area contributed by atoms with Crippen LogP contribution in [-0.4, -0.2) is 55.8 Å². The van der Waals surface area contributed by atoms with Crippen molar-refractivity contribution in [1.29, 1.82) is 0 Å². The Morgan fingerprint density at radius 3 is 2.83 bits per heavy atom. The molecule has 2 rings (SSSR count). The number of rotatable bonds is 7. The monoisotopic (exact) mass is 452 g/mol. The molecular formula is C16H29IN4OS. The number of guanidine groups is 1. The molecule has 2 heterocycles. The van der Waals surface area contributed by atoms with E-state index in [-0.39, 0.29) is 24.0 Å². The third kappa shape index (κ3) is 8.32. The molecule has 0 saturated carbocycles. The second-order valence-corrected chi connectivity index (χ2v) is 6.93. The molecule has 0 radical (unpaired) electrons. The van der Waals surface area contributed by atoms with Crippen LogP contribution in [0.25, 0.3) is 0 Å². The highest BCUT2D eigenvalue weighted by Gasteiger charge is 2.21. The number of morpholine rings is 1. The van der Waals surface area contributed by atoms with Gasteiger partial charge in [-0.3, -0.25) is 9.89 Å². The molecule has 7 heteroatoms. The number of aliphatic imine (C=N–C) groups is 1. The summed E-state index contributed by atoms with van der Waals surface area (Å²) in [6, 6.07) is 4.22. The van der Waals surface area contributed by atoms with E-state index in [4.69, 9.17) is 10.5 Å². The smallest absolute Gasteiger partial charge is 0.188 e. The van der Waals surface area contributed by atoms with Crippen molar-refractivity contribution in [2.24, 2.45) is 10.7 Å².